The number of benzene rings is 3. The van der Waals surface area contributed by atoms with E-state index in [1.807, 2.05) is 6.07 Å². The van der Waals surface area contributed by atoms with Gasteiger partial charge in [-0.05, 0) is 62.7 Å². The monoisotopic (exact) mass is 680 g/mol. The van der Waals surface area contributed by atoms with Crippen molar-refractivity contribution in [2.24, 2.45) is 0 Å². The minimum Gasteiger partial charge on any atom is -0.495 e. The molecule has 224 valence electrons. The second-order valence-electron chi connectivity index (χ2n) is 9.26. The standard InChI is InChI=1S/C28H30BrClN4O7S/c1-5-31-28(36)19(3)32(16-20-7-6-8-21(29)13-20)27(35)17-33(25-14-22(30)10-12-26(25)41-4)42(39,40)23-11-9-18(2)24(15-23)34(37)38/h6-15,19H,5,16-17H2,1-4H3,(H,31,36). The summed E-state index contributed by atoms with van der Waals surface area (Å²) in [6.45, 7) is 4.33. The maximum absolute atomic E-state index is 14.1. The SMILES string of the molecule is CCNC(=O)C(C)N(Cc1cccc(Br)c1)C(=O)CN(c1cc(Cl)ccc1OC)S(=O)(=O)c1ccc(C)c([N+](=O)[O-])c1. The number of likely N-dealkylation sites (N-methyl/N-ethyl adjacent to an activating group) is 1. The third kappa shape index (κ3) is 7.58. The van der Waals surface area contributed by atoms with Gasteiger partial charge in [-0.2, -0.15) is 0 Å². The summed E-state index contributed by atoms with van der Waals surface area (Å²) in [4.78, 5) is 38.6. The van der Waals surface area contributed by atoms with Gasteiger partial charge in [0.25, 0.3) is 15.7 Å². The molecule has 0 saturated carbocycles. The zero-order valence-corrected chi connectivity index (χ0v) is 26.5. The van der Waals surface area contributed by atoms with Crippen molar-refractivity contribution >= 4 is 60.7 Å². The van der Waals surface area contributed by atoms with Gasteiger partial charge in [-0.25, -0.2) is 8.42 Å². The van der Waals surface area contributed by atoms with Gasteiger partial charge in [0.15, 0.2) is 0 Å². The number of nitro benzene ring substituents is 1. The number of halogens is 2. The van der Waals surface area contributed by atoms with Crippen LogP contribution in [0.2, 0.25) is 5.02 Å². The number of hydrogen-bond acceptors (Lipinski definition) is 7. The Morgan fingerprint density at radius 3 is 2.48 bits per heavy atom. The van der Waals surface area contributed by atoms with Crippen LogP contribution in [0.1, 0.15) is 25.0 Å². The molecule has 2 amide bonds. The molecule has 0 aliphatic carbocycles. The first-order valence-corrected chi connectivity index (χ1v) is 15.3. The van der Waals surface area contributed by atoms with E-state index >= 15 is 0 Å². The molecule has 1 N–H and O–H groups in total. The first kappa shape index (κ1) is 32.8. The Bertz CT molecular complexity index is 1600. The van der Waals surface area contributed by atoms with Crippen molar-refractivity contribution in [1.29, 1.82) is 0 Å². The lowest BCUT2D eigenvalue weighted by Gasteiger charge is -2.32. The first-order chi connectivity index (χ1) is 19.8. The van der Waals surface area contributed by atoms with Gasteiger partial charge in [-0.1, -0.05) is 45.7 Å². The molecular weight excluding hydrogens is 652 g/mol. The Morgan fingerprint density at radius 1 is 1.14 bits per heavy atom. The van der Waals surface area contributed by atoms with Crippen LogP contribution in [0.5, 0.6) is 5.75 Å². The molecule has 42 heavy (non-hydrogen) atoms. The Morgan fingerprint density at radius 2 is 1.86 bits per heavy atom. The summed E-state index contributed by atoms with van der Waals surface area (Å²) in [6.07, 6.45) is 0. The number of ether oxygens (including phenoxy) is 1. The Labute approximate surface area is 257 Å². The summed E-state index contributed by atoms with van der Waals surface area (Å²) in [7, 11) is -3.28. The van der Waals surface area contributed by atoms with E-state index in [0.29, 0.717) is 12.1 Å². The second kappa shape index (κ2) is 14.0. The number of rotatable bonds is 12. The highest BCUT2D eigenvalue weighted by atomic mass is 79.9. The maximum atomic E-state index is 14.1. The lowest BCUT2D eigenvalue weighted by molar-refractivity contribution is -0.385. The average molecular weight is 682 g/mol. The quantitative estimate of drug-likeness (QED) is 0.208. The van der Waals surface area contributed by atoms with Gasteiger partial charge in [0, 0.05) is 34.2 Å². The van der Waals surface area contributed by atoms with Gasteiger partial charge in [0.05, 0.1) is 22.6 Å². The molecule has 0 aliphatic rings. The molecule has 0 bridgehead atoms. The molecule has 3 rings (SSSR count). The number of amides is 2. The number of carbonyl (C=O) groups is 2. The molecule has 0 heterocycles. The van der Waals surface area contributed by atoms with Crippen molar-refractivity contribution < 1.29 is 27.7 Å². The molecule has 0 aromatic heterocycles. The molecule has 0 fully saturated rings. The number of methoxy groups -OCH3 is 1. The summed E-state index contributed by atoms with van der Waals surface area (Å²) in [5.41, 5.74) is 0.492. The van der Waals surface area contributed by atoms with Crippen LogP contribution >= 0.6 is 27.5 Å². The van der Waals surface area contributed by atoms with Crippen molar-refractivity contribution in [3.8, 4) is 5.75 Å². The number of nitro groups is 1. The molecule has 0 spiro atoms. The summed E-state index contributed by atoms with van der Waals surface area (Å²) in [6, 6.07) is 13.9. The van der Waals surface area contributed by atoms with E-state index in [2.05, 4.69) is 21.2 Å². The Kier molecular flexibility index (Phi) is 10.9. The highest BCUT2D eigenvalue weighted by Gasteiger charge is 2.34. The summed E-state index contributed by atoms with van der Waals surface area (Å²) >= 11 is 9.63. The van der Waals surface area contributed by atoms with Crippen molar-refractivity contribution in [2.45, 2.75) is 38.3 Å². The Balaban J connectivity index is 2.17. The predicted molar refractivity (Wildman–Crippen MR) is 163 cm³/mol. The molecule has 11 nitrogen and oxygen atoms in total. The minimum atomic E-state index is -4.61. The van der Waals surface area contributed by atoms with Gasteiger partial charge < -0.3 is 15.0 Å². The van der Waals surface area contributed by atoms with Crippen LogP contribution in [-0.2, 0) is 26.2 Å². The Hall–Kier alpha value is -3.68. The lowest BCUT2D eigenvalue weighted by Crippen LogP contribution is -2.51. The van der Waals surface area contributed by atoms with Gasteiger partial charge >= 0.3 is 0 Å². The number of hydrogen-bond donors (Lipinski definition) is 1. The van der Waals surface area contributed by atoms with Gasteiger partial charge in [-0.3, -0.25) is 24.0 Å². The number of anilines is 1. The minimum absolute atomic E-state index is 0.00680. The van der Waals surface area contributed by atoms with Crippen molar-refractivity contribution in [2.75, 3.05) is 24.5 Å². The van der Waals surface area contributed by atoms with E-state index in [1.165, 1.54) is 49.3 Å². The zero-order chi connectivity index (χ0) is 31.2. The number of sulfonamides is 1. The van der Waals surface area contributed by atoms with Gasteiger partial charge in [-0.15, -0.1) is 0 Å². The molecule has 0 radical (unpaired) electrons. The molecule has 0 saturated heterocycles. The highest BCUT2D eigenvalue weighted by molar-refractivity contribution is 9.10. The molecular formula is C28H30BrClN4O7S. The van der Waals surface area contributed by atoms with Crippen molar-refractivity contribution in [1.82, 2.24) is 10.2 Å². The lowest BCUT2D eigenvalue weighted by atomic mass is 10.1. The van der Waals surface area contributed by atoms with E-state index in [4.69, 9.17) is 16.3 Å². The van der Waals surface area contributed by atoms with Crippen LogP contribution in [0.15, 0.2) is 70.0 Å². The van der Waals surface area contributed by atoms with Crippen LogP contribution in [0, 0.1) is 17.0 Å². The third-order valence-electron chi connectivity index (χ3n) is 6.41. The van der Waals surface area contributed by atoms with Gasteiger partial charge in [0.2, 0.25) is 11.8 Å². The van der Waals surface area contributed by atoms with Crippen LogP contribution < -0.4 is 14.4 Å². The van der Waals surface area contributed by atoms with E-state index in [0.717, 1.165) is 14.8 Å². The first-order valence-electron chi connectivity index (χ1n) is 12.7. The molecule has 1 unspecified atom stereocenters. The summed E-state index contributed by atoms with van der Waals surface area (Å²) < 4.78 is 35.2. The fraction of sp³-hybridized carbons (Fsp3) is 0.286. The van der Waals surface area contributed by atoms with Crippen LogP contribution in [-0.4, -0.2) is 56.3 Å². The van der Waals surface area contributed by atoms with E-state index in [1.54, 1.807) is 32.0 Å². The third-order valence-corrected chi connectivity index (χ3v) is 8.90. The summed E-state index contributed by atoms with van der Waals surface area (Å²) in [5.74, 6) is -1.04. The zero-order valence-electron chi connectivity index (χ0n) is 23.3. The highest BCUT2D eigenvalue weighted by Crippen LogP contribution is 2.36. The number of aryl methyl sites for hydroxylation is 1. The van der Waals surface area contributed by atoms with E-state index < -0.39 is 49.9 Å². The van der Waals surface area contributed by atoms with E-state index in [-0.39, 0.29) is 28.6 Å². The second-order valence-corrected chi connectivity index (χ2v) is 12.5. The van der Waals surface area contributed by atoms with Crippen LogP contribution in [0.4, 0.5) is 11.4 Å². The maximum Gasteiger partial charge on any atom is 0.273 e. The number of nitrogens with zero attached hydrogens (tertiary/aromatic N) is 3. The van der Waals surface area contributed by atoms with Crippen molar-refractivity contribution in [3.05, 3.63) is 91.4 Å². The molecule has 3 aromatic rings. The molecule has 1 atom stereocenters. The number of nitrogens with one attached hydrogen (secondary N) is 1. The van der Waals surface area contributed by atoms with Crippen molar-refractivity contribution in [3.63, 3.8) is 0 Å². The topological polar surface area (TPSA) is 139 Å². The average Bonchev–Trinajstić information content (AvgIpc) is 2.94. The van der Waals surface area contributed by atoms with Crippen LogP contribution in [0.3, 0.4) is 0 Å². The van der Waals surface area contributed by atoms with Crippen LogP contribution in [0.25, 0.3) is 0 Å². The largest absolute Gasteiger partial charge is 0.495 e. The predicted octanol–water partition coefficient (Wildman–Crippen LogP) is 5.08. The fourth-order valence-electron chi connectivity index (χ4n) is 4.18. The molecule has 14 heteroatoms. The van der Waals surface area contributed by atoms with E-state index in [9.17, 15) is 28.1 Å². The summed E-state index contributed by atoms with van der Waals surface area (Å²) in [5, 5.41) is 14.5. The normalized spacial score (nSPS) is 11.9. The fourth-order valence-corrected chi connectivity index (χ4v) is 6.23. The smallest absolute Gasteiger partial charge is 0.273 e. The number of carbonyl (C=O) groups excluding carboxylic acids is 2. The molecule has 3 aromatic carbocycles. The van der Waals surface area contributed by atoms with Gasteiger partial charge in [0.1, 0.15) is 18.3 Å². The molecule has 0 aliphatic heterocycles.